The lowest BCUT2D eigenvalue weighted by Gasteiger charge is -1.98. The molecule has 0 aliphatic carbocycles. The lowest BCUT2D eigenvalue weighted by atomic mass is 10.3. The summed E-state index contributed by atoms with van der Waals surface area (Å²) in [7, 11) is 0. The van der Waals surface area contributed by atoms with Gasteiger partial charge in [0.1, 0.15) is 0 Å². The molecule has 0 saturated heterocycles. The van der Waals surface area contributed by atoms with Crippen LogP contribution in [0.2, 0.25) is 0 Å². The van der Waals surface area contributed by atoms with Crippen LogP contribution in [0.3, 0.4) is 0 Å². The number of benzene rings is 1. The van der Waals surface area contributed by atoms with Gasteiger partial charge in [-0.3, -0.25) is 5.84 Å². The van der Waals surface area contributed by atoms with Gasteiger partial charge in [-0.2, -0.15) is 0 Å². The fourth-order valence-electron chi connectivity index (χ4n) is 0.668. The summed E-state index contributed by atoms with van der Waals surface area (Å²) in [5.41, 5.74) is 3.12. The average Bonchev–Trinajstić information content (AvgIpc) is 2.05. The van der Waals surface area contributed by atoms with Gasteiger partial charge in [-0.25, -0.2) is 4.21 Å². The van der Waals surface area contributed by atoms with E-state index in [1.165, 1.54) is 12.1 Å². The quantitative estimate of drug-likeness (QED) is 0.346. The van der Waals surface area contributed by atoms with Crippen LogP contribution in [-0.4, -0.2) is 8.76 Å². The van der Waals surface area contributed by atoms with Crippen molar-refractivity contribution in [3.05, 3.63) is 24.3 Å². The van der Waals surface area contributed by atoms with Crippen LogP contribution in [0.5, 0.6) is 0 Å². The fraction of sp³-hybridized carbons (Fsp3) is 0. The summed E-state index contributed by atoms with van der Waals surface area (Å²) in [4.78, 5) is 0.365. The molecule has 1 unspecified atom stereocenters. The number of nitrogen functional groups attached to an aromatic ring is 1. The number of anilines is 1. The van der Waals surface area contributed by atoms with E-state index in [4.69, 9.17) is 10.4 Å². The maximum Gasteiger partial charge on any atom is 0.186 e. The van der Waals surface area contributed by atoms with Crippen LogP contribution in [0.15, 0.2) is 29.2 Å². The fourth-order valence-corrected chi connectivity index (χ4v) is 1.04. The highest BCUT2D eigenvalue weighted by molar-refractivity contribution is 7.79. The van der Waals surface area contributed by atoms with E-state index in [1.54, 1.807) is 12.1 Å². The van der Waals surface area contributed by atoms with Gasteiger partial charge in [0.05, 0.1) is 4.90 Å². The van der Waals surface area contributed by atoms with Crippen molar-refractivity contribution in [1.82, 2.24) is 0 Å². The SMILES string of the molecule is NNc1ccc(S(=O)O)cc1. The van der Waals surface area contributed by atoms with E-state index in [-0.39, 0.29) is 0 Å². The molecule has 0 aliphatic rings. The zero-order valence-electron chi connectivity index (χ0n) is 5.65. The van der Waals surface area contributed by atoms with Crippen molar-refractivity contribution in [3.63, 3.8) is 0 Å². The van der Waals surface area contributed by atoms with E-state index in [9.17, 15) is 4.21 Å². The molecule has 0 heterocycles. The molecule has 0 radical (unpaired) electrons. The Hall–Kier alpha value is -0.910. The number of hydrogen-bond donors (Lipinski definition) is 3. The molecule has 0 saturated carbocycles. The van der Waals surface area contributed by atoms with Gasteiger partial charge >= 0.3 is 0 Å². The van der Waals surface area contributed by atoms with Gasteiger partial charge in [0.15, 0.2) is 11.1 Å². The molecule has 1 aromatic carbocycles. The molecule has 0 spiro atoms. The highest BCUT2D eigenvalue weighted by Crippen LogP contribution is 2.09. The normalized spacial score (nSPS) is 12.5. The predicted molar refractivity (Wildman–Crippen MR) is 43.3 cm³/mol. The first-order chi connectivity index (χ1) is 5.24. The van der Waals surface area contributed by atoms with E-state index in [1.807, 2.05) is 0 Å². The number of hydrogen-bond acceptors (Lipinski definition) is 3. The third-order valence-corrected chi connectivity index (χ3v) is 1.90. The van der Waals surface area contributed by atoms with Crippen LogP contribution in [-0.2, 0) is 11.1 Å². The van der Waals surface area contributed by atoms with Gasteiger partial charge in [0.25, 0.3) is 0 Å². The van der Waals surface area contributed by atoms with E-state index in [2.05, 4.69) is 5.43 Å². The molecule has 0 aromatic heterocycles. The Bertz CT molecular complexity index is 260. The average molecular weight is 172 g/mol. The van der Waals surface area contributed by atoms with Crippen molar-refractivity contribution in [3.8, 4) is 0 Å². The van der Waals surface area contributed by atoms with Crippen molar-refractivity contribution in [1.29, 1.82) is 0 Å². The van der Waals surface area contributed by atoms with Crippen LogP contribution in [0, 0.1) is 0 Å². The minimum atomic E-state index is -1.91. The summed E-state index contributed by atoms with van der Waals surface area (Å²) in [5.74, 6) is 5.09. The third kappa shape index (κ3) is 2.01. The van der Waals surface area contributed by atoms with Gasteiger partial charge in [-0.1, -0.05) is 0 Å². The maximum absolute atomic E-state index is 10.5. The third-order valence-electron chi connectivity index (χ3n) is 1.22. The Morgan fingerprint density at radius 3 is 2.27 bits per heavy atom. The zero-order chi connectivity index (χ0) is 8.27. The lowest BCUT2D eigenvalue weighted by Crippen LogP contribution is -2.06. The molecule has 1 atom stereocenters. The highest BCUT2D eigenvalue weighted by atomic mass is 32.2. The van der Waals surface area contributed by atoms with Crippen LogP contribution in [0.4, 0.5) is 5.69 Å². The minimum absolute atomic E-state index is 0.365. The summed E-state index contributed by atoms with van der Waals surface area (Å²) < 4.78 is 19.1. The van der Waals surface area contributed by atoms with Crippen LogP contribution in [0.1, 0.15) is 0 Å². The summed E-state index contributed by atoms with van der Waals surface area (Å²) in [6.45, 7) is 0. The monoisotopic (exact) mass is 172 g/mol. The van der Waals surface area contributed by atoms with E-state index in [0.717, 1.165) is 0 Å². The first-order valence-electron chi connectivity index (χ1n) is 2.91. The Morgan fingerprint density at radius 2 is 1.91 bits per heavy atom. The van der Waals surface area contributed by atoms with Gasteiger partial charge in [-0.05, 0) is 24.3 Å². The summed E-state index contributed by atoms with van der Waals surface area (Å²) >= 11 is -1.91. The largest absolute Gasteiger partial charge is 0.324 e. The van der Waals surface area contributed by atoms with Crippen molar-refractivity contribution >= 4 is 16.8 Å². The molecule has 5 heteroatoms. The first-order valence-corrected chi connectivity index (χ1v) is 4.02. The van der Waals surface area contributed by atoms with Gasteiger partial charge in [-0.15, -0.1) is 0 Å². The second kappa shape index (κ2) is 3.47. The molecule has 4 N–H and O–H groups in total. The summed E-state index contributed by atoms with van der Waals surface area (Å²) in [5, 5.41) is 0. The smallest absolute Gasteiger partial charge is 0.186 e. The van der Waals surface area contributed by atoms with Gasteiger partial charge in [0, 0.05) is 5.69 Å². The minimum Gasteiger partial charge on any atom is -0.324 e. The molecule has 0 aliphatic heterocycles. The Labute approximate surface area is 66.7 Å². The standard InChI is InChI=1S/C6H8N2O2S/c7-8-5-1-3-6(4-2-5)11(9)10/h1-4,8H,7H2,(H,9,10). The Morgan fingerprint density at radius 1 is 1.36 bits per heavy atom. The summed E-state index contributed by atoms with van der Waals surface area (Å²) in [6, 6.07) is 6.32. The van der Waals surface area contributed by atoms with E-state index < -0.39 is 11.1 Å². The second-order valence-electron chi connectivity index (χ2n) is 1.92. The molecule has 0 bridgehead atoms. The second-order valence-corrected chi connectivity index (χ2v) is 2.89. The molecule has 0 fully saturated rings. The maximum atomic E-state index is 10.5. The van der Waals surface area contributed by atoms with E-state index in [0.29, 0.717) is 10.6 Å². The molecule has 1 rings (SSSR count). The number of rotatable bonds is 2. The van der Waals surface area contributed by atoms with Crippen molar-refractivity contribution in [2.75, 3.05) is 5.43 Å². The lowest BCUT2D eigenvalue weighted by molar-refractivity contribution is 0.564. The van der Waals surface area contributed by atoms with Crippen LogP contribution in [0.25, 0.3) is 0 Å². The van der Waals surface area contributed by atoms with Crippen molar-refractivity contribution in [2.45, 2.75) is 4.90 Å². The van der Waals surface area contributed by atoms with Crippen molar-refractivity contribution in [2.24, 2.45) is 5.84 Å². The number of nitrogens with one attached hydrogen (secondary N) is 1. The molecule has 11 heavy (non-hydrogen) atoms. The molecule has 4 nitrogen and oxygen atoms in total. The number of nitrogens with two attached hydrogens (primary N) is 1. The molecule has 60 valence electrons. The number of hydrazine groups is 1. The highest BCUT2D eigenvalue weighted by Gasteiger charge is 1.97. The summed E-state index contributed by atoms with van der Waals surface area (Å²) in [6.07, 6.45) is 0. The first kappa shape index (κ1) is 8.19. The zero-order valence-corrected chi connectivity index (χ0v) is 6.47. The van der Waals surface area contributed by atoms with Crippen LogP contribution >= 0.6 is 0 Å². The topological polar surface area (TPSA) is 75.3 Å². The molecular formula is C6H8N2O2S. The Balaban J connectivity index is 2.91. The van der Waals surface area contributed by atoms with Gasteiger partial charge < -0.3 is 9.98 Å². The molecule has 0 amide bonds. The van der Waals surface area contributed by atoms with E-state index >= 15 is 0 Å². The van der Waals surface area contributed by atoms with Crippen LogP contribution < -0.4 is 11.3 Å². The van der Waals surface area contributed by atoms with Gasteiger partial charge in [0.2, 0.25) is 0 Å². The Kier molecular flexibility index (Phi) is 2.58. The predicted octanol–water partition coefficient (Wildman–Crippen LogP) is 0.553. The van der Waals surface area contributed by atoms with Crippen molar-refractivity contribution < 1.29 is 8.76 Å². The molecular weight excluding hydrogens is 164 g/mol. The molecule has 1 aromatic rings.